The van der Waals surface area contributed by atoms with Gasteiger partial charge in [0.1, 0.15) is 17.9 Å². The van der Waals surface area contributed by atoms with Crippen molar-refractivity contribution in [3.8, 4) is 0 Å². The Balaban J connectivity index is 1.41. The molecule has 2 aliphatic rings. The highest BCUT2D eigenvalue weighted by Gasteiger charge is 2.29. The summed E-state index contributed by atoms with van der Waals surface area (Å²) in [6.45, 7) is 4.55. The number of nitrogens with zero attached hydrogens (tertiary/aromatic N) is 7. The molecule has 0 aromatic carbocycles. The first-order valence-electron chi connectivity index (χ1n) is 9.40. The highest BCUT2D eigenvalue weighted by atomic mass is 16.5. The molecular weight excluding hydrogens is 346 g/mol. The lowest BCUT2D eigenvalue weighted by molar-refractivity contribution is 0.0736. The number of amides is 1. The molecule has 140 valence electrons. The number of aromatic nitrogens is 5. The average Bonchev–Trinajstić information content (AvgIpc) is 3.34. The lowest BCUT2D eigenvalue weighted by Gasteiger charge is -2.37. The SMILES string of the molecule is Cc1cc(C(=O)N2CCN(c3c4c(nc5ncnn35)CCCC4)CC2)no1. The Morgan fingerprint density at radius 2 is 1.96 bits per heavy atom. The van der Waals surface area contributed by atoms with Crippen LogP contribution in [0, 0.1) is 6.92 Å². The largest absolute Gasteiger partial charge is 0.361 e. The molecule has 3 aromatic rings. The molecule has 0 atom stereocenters. The van der Waals surface area contributed by atoms with Gasteiger partial charge in [-0.3, -0.25) is 4.79 Å². The van der Waals surface area contributed by atoms with Crippen LogP contribution in [0.2, 0.25) is 0 Å². The molecule has 1 aliphatic carbocycles. The van der Waals surface area contributed by atoms with Gasteiger partial charge in [0, 0.05) is 37.8 Å². The van der Waals surface area contributed by atoms with Crippen LogP contribution < -0.4 is 4.90 Å². The van der Waals surface area contributed by atoms with E-state index < -0.39 is 0 Å². The fraction of sp³-hybridized carbons (Fsp3) is 0.500. The average molecular weight is 367 g/mol. The maximum Gasteiger partial charge on any atom is 0.276 e. The fourth-order valence-corrected chi connectivity index (χ4v) is 4.04. The summed E-state index contributed by atoms with van der Waals surface area (Å²) >= 11 is 0. The number of carbonyl (C=O) groups excluding carboxylic acids is 1. The van der Waals surface area contributed by atoms with E-state index in [0.717, 1.165) is 37.4 Å². The van der Waals surface area contributed by atoms with Gasteiger partial charge in [-0.25, -0.2) is 4.98 Å². The van der Waals surface area contributed by atoms with Crippen LogP contribution in [0.1, 0.15) is 40.3 Å². The van der Waals surface area contributed by atoms with Crippen LogP contribution in [0.4, 0.5) is 5.82 Å². The summed E-state index contributed by atoms with van der Waals surface area (Å²) in [5, 5.41) is 8.25. The minimum absolute atomic E-state index is 0.0749. The van der Waals surface area contributed by atoms with Crippen molar-refractivity contribution in [1.82, 2.24) is 29.6 Å². The van der Waals surface area contributed by atoms with Crippen molar-refractivity contribution in [1.29, 1.82) is 0 Å². The van der Waals surface area contributed by atoms with Crippen molar-refractivity contribution < 1.29 is 9.32 Å². The summed E-state index contributed by atoms with van der Waals surface area (Å²) in [7, 11) is 0. The van der Waals surface area contributed by atoms with Crippen molar-refractivity contribution in [2.75, 3.05) is 31.1 Å². The Morgan fingerprint density at radius 3 is 2.74 bits per heavy atom. The number of fused-ring (bicyclic) bond motifs is 2. The van der Waals surface area contributed by atoms with E-state index in [9.17, 15) is 4.79 Å². The van der Waals surface area contributed by atoms with Crippen molar-refractivity contribution in [3.05, 3.63) is 35.1 Å². The predicted octanol–water partition coefficient (Wildman–Crippen LogP) is 1.26. The summed E-state index contributed by atoms with van der Waals surface area (Å²) in [6, 6.07) is 1.69. The number of anilines is 1. The number of aryl methyl sites for hydroxylation is 2. The van der Waals surface area contributed by atoms with Crippen LogP contribution in [0.25, 0.3) is 5.78 Å². The van der Waals surface area contributed by atoms with Crippen LogP contribution in [-0.4, -0.2) is 61.7 Å². The van der Waals surface area contributed by atoms with E-state index in [0.29, 0.717) is 30.3 Å². The molecule has 9 nitrogen and oxygen atoms in total. The van der Waals surface area contributed by atoms with Crippen molar-refractivity contribution in [2.24, 2.45) is 0 Å². The standard InChI is InChI=1S/C18H21N7O2/c1-12-10-15(22-27-12)17(26)24-8-6-23(7-9-24)16-13-4-2-3-5-14(13)21-18-19-11-20-25(16)18/h10-11H,2-9H2,1H3. The smallest absolute Gasteiger partial charge is 0.276 e. The molecule has 1 fully saturated rings. The number of piperazine rings is 1. The van der Waals surface area contributed by atoms with Crippen LogP contribution >= 0.6 is 0 Å². The molecule has 0 spiro atoms. The Hall–Kier alpha value is -2.97. The number of rotatable bonds is 2. The summed E-state index contributed by atoms with van der Waals surface area (Å²) in [5.74, 6) is 2.32. The zero-order chi connectivity index (χ0) is 18.4. The van der Waals surface area contributed by atoms with Gasteiger partial charge < -0.3 is 14.3 Å². The van der Waals surface area contributed by atoms with E-state index in [2.05, 4.69) is 20.1 Å². The molecule has 0 radical (unpaired) electrons. The Labute approximate surface area is 156 Å². The molecular formula is C18H21N7O2. The van der Waals surface area contributed by atoms with E-state index in [1.54, 1.807) is 19.3 Å². The molecule has 0 N–H and O–H groups in total. The molecule has 0 bridgehead atoms. The van der Waals surface area contributed by atoms with Gasteiger partial charge in [0.2, 0.25) is 0 Å². The van der Waals surface area contributed by atoms with Crippen LogP contribution in [0.3, 0.4) is 0 Å². The zero-order valence-corrected chi connectivity index (χ0v) is 15.3. The zero-order valence-electron chi connectivity index (χ0n) is 15.3. The number of carbonyl (C=O) groups is 1. The summed E-state index contributed by atoms with van der Waals surface area (Å²) in [4.78, 5) is 25.7. The Bertz CT molecular complexity index is 1000. The molecule has 1 saturated heterocycles. The number of hydrogen-bond donors (Lipinski definition) is 0. The van der Waals surface area contributed by atoms with Crippen LogP contribution in [-0.2, 0) is 12.8 Å². The second-order valence-corrected chi connectivity index (χ2v) is 7.14. The minimum atomic E-state index is -0.0749. The van der Waals surface area contributed by atoms with E-state index in [1.807, 2.05) is 9.42 Å². The Kier molecular flexibility index (Phi) is 3.80. The topological polar surface area (TPSA) is 92.7 Å². The molecule has 1 amide bonds. The normalized spacial score (nSPS) is 17.4. The molecule has 3 aromatic heterocycles. The third-order valence-electron chi connectivity index (χ3n) is 5.39. The van der Waals surface area contributed by atoms with Gasteiger partial charge in [-0.2, -0.15) is 14.6 Å². The quantitative estimate of drug-likeness (QED) is 0.673. The van der Waals surface area contributed by atoms with E-state index in [4.69, 9.17) is 9.51 Å². The van der Waals surface area contributed by atoms with E-state index in [1.165, 1.54) is 18.4 Å². The summed E-state index contributed by atoms with van der Waals surface area (Å²) in [6.07, 6.45) is 5.92. The highest BCUT2D eigenvalue weighted by Crippen LogP contribution is 2.30. The Morgan fingerprint density at radius 1 is 1.15 bits per heavy atom. The van der Waals surface area contributed by atoms with Crippen molar-refractivity contribution in [3.63, 3.8) is 0 Å². The molecule has 27 heavy (non-hydrogen) atoms. The first kappa shape index (κ1) is 16.2. The van der Waals surface area contributed by atoms with E-state index in [-0.39, 0.29) is 5.91 Å². The molecule has 4 heterocycles. The molecule has 9 heteroatoms. The second kappa shape index (κ2) is 6.33. The minimum Gasteiger partial charge on any atom is -0.361 e. The van der Waals surface area contributed by atoms with Gasteiger partial charge in [-0.05, 0) is 32.6 Å². The lowest BCUT2D eigenvalue weighted by Crippen LogP contribution is -2.49. The van der Waals surface area contributed by atoms with Crippen molar-refractivity contribution >= 4 is 17.5 Å². The first-order valence-corrected chi connectivity index (χ1v) is 9.40. The molecule has 1 aliphatic heterocycles. The highest BCUT2D eigenvalue weighted by molar-refractivity contribution is 5.92. The third kappa shape index (κ3) is 2.73. The van der Waals surface area contributed by atoms with E-state index >= 15 is 0 Å². The lowest BCUT2D eigenvalue weighted by atomic mass is 9.96. The maximum atomic E-state index is 12.6. The van der Waals surface area contributed by atoms with Gasteiger partial charge in [0.25, 0.3) is 11.7 Å². The van der Waals surface area contributed by atoms with Gasteiger partial charge in [-0.1, -0.05) is 5.16 Å². The molecule has 0 saturated carbocycles. The fourth-order valence-electron chi connectivity index (χ4n) is 4.04. The summed E-state index contributed by atoms with van der Waals surface area (Å²) in [5.41, 5.74) is 2.81. The summed E-state index contributed by atoms with van der Waals surface area (Å²) < 4.78 is 6.88. The second-order valence-electron chi connectivity index (χ2n) is 7.14. The van der Waals surface area contributed by atoms with Crippen LogP contribution in [0.15, 0.2) is 16.9 Å². The van der Waals surface area contributed by atoms with Crippen molar-refractivity contribution in [2.45, 2.75) is 32.6 Å². The van der Waals surface area contributed by atoms with Crippen LogP contribution in [0.5, 0.6) is 0 Å². The molecule has 5 rings (SSSR count). The van der Waals surface area contributed by atoms with Gasteiger partial charge in [-0.15, -0.1) is 0 Å². The van der Waals surface area contributed by atoms with Gasteiger partial charge >= 0.3 is 0 Å². The van der Waals surface area contributed by atoms with Gasteiger partial charge in [0.05, 0.1) is 5.69 Å². The monoisotopic (exact) mass is 367 g/mol. The predicted molar refractivity (Wildman–Crippen MR) is 96.8 cm³/mol. The number of hydrogen-bond acceptors (Lipinski definition) is 7. The maximum absolute atomic E-state index is 12.6. The first-order chi connectivity index (χ1) is 13.2. The third-order valence-corrected chi connectivity index (χ3v) is 5.39. The molecule has 0 unspecified atom stereocenters. The van der Waals surface area contributed by atoms with Gasteiger partial charge in [0.15, 0.2) is 5.69 Å².